The molecule has 1 atom stereocenters. The normalized spacial score (nSPS) is 12.5. The summed E-state index contributed by atoms with van der Waals surface area (Å²) in [5, 5.41) is 2.89. The fourth-order valence-corrected chi connectivity index (χ4v) is 3.51. The molecule has 0 aliphatic rings. The van der Waals surface area contributed by atoms with Crippen LogP contribution in [0.4, 0.5) is 13.2 Å². The van der Waals surface area contributed by atoms with Crippen molar-refractivity contribution < 1.29 is 18.0 Å². The predicted molar refractivity (Wildman–Crippen MR) is 111 cm³/mol. The average molecular weight is 428 g/mol. The molecule has 0 aliphatic carbocycles. The molecule has 1 amide bonds. The minimum atomic E-state index is -4.63. The summed E-state index contributed by atoms with van der Waals surface area (Å²) in [6.07, 6.45) is 2.98. The van der Waals surface area contributed by atoms with Gasteiger partial charge in [-0.2, -0.15) is 13.2 Å². The van der Waals surface area contributed by atoms with Gasteiger partial charge in [-0.1, -0.05) is 30.3 Å². The molecule has 0 radical (unpaired) electrons. The standard InChI is InChI=1S/C23H23F3N4O/c24-23(25,26)20-18(9-8-16-4-2-11-28-14-16)6-1-7-19(20)21(22(27)31)30-13-10-17-5-3-12-29-15-17/h1-7,11-12,14-15,21,30H,8-10,13H2,(H2,27,31). The van der Waals surface area contributed by atoms with Crippen molar-refractivity contribution in [2.24, 2.45) is 5.73 Å². The third kappa shape index (κ3) is 6.11. The molecule has 3 aromatic rings. The number of pyridine rings is 2. The summed E-state index contributed by atoms with van der Waals surface area (Å²) in [6.45, 7) is 0.274. The van der Waals surface area contributed by atoms with E-state index in [0.717, 1.165) is 11.1 Å². The van der Waals surface area contributed by atoms with E-state index in [4.69, 9.17) is 5.73 Å². The van der Waals surface area contributed by atoms with Crippen molar-refractivity contribution in [3.05, 3.63) is 95.1 Å². The van der Waals surface area contributed by atoms with Crippen LogP contribution in [0.3, 0.4) is 0 Å². The van der Waals surface area contributed by atoms with Crippen molar-refractivity contribution in [2.75, 3.05) is 6.54 Å². The van der Waals surface area contributed by atoms with Gasteiger partial charge in [0.2, 0.25) is 5.91 Å². The molecule has 1 aromatic carbocycles. The lowest BCUT2D eigenvalue weighted by Crippen LogP contribution is -2.36. The maximum Gasteiger partial charge on any atom is 0.417 e. The van der Waals surface area contributed by atoms with Gasteiger partial charge in [0.05, 0.1) is 5.56 Å². The molecule has 2 aromatic heterocycles. The van der Waals surface area contributed by atoms with Crippen molar-refractivity contribution in [3.8, 4) is 0 Å². The molecule has 0 spiro atoms. The number of benzene rings is 1. The maximum atomic E-state index is 14.0. The van der Waals surface area contributed by atoms with E-state index in [1.54, 1.807) is 36.9 Å². The van der Waals surface area contributed by atoms with Crippen molar-refractivity contribution in [3.63, 3.8) is 0 Å². The number of carbonyl (C=O) groups is 1. The number of alkyl halides is 3. The first-order valence-corrected chi connectivity index (χ1v) is 9.85. The van der Waals surface area contributed by atoms with E-state index in [9.17, 15) is 18.0 Å². The van der Waals surface area contributed by atoms with Crippen molar-refractivity contribution >= 4 is 5.91 Å². The van der Waals surface area contributed by atoms with Crippen molar-refractivity contribution in [1.29, 1.82) is 0 Å². The largest absolute Gasteiger partial charge is 0.417 e. The zero-order valence-electron chi connectivity index (χ0n) is 16.8. The van der Waals surface area contributed by atoms with Gasteiger partial charge >= 0.3 is 6.18 Å². The molecule has 3 rings (SSSR count). The Kier molecular flexibility index (Phi) is 7.36. The van der Waals surface area contributed by atoms with Gasteiger partial charge in [-0.15, -0.1) is 0 Å². The molecule has 3 N–H and O–H groups in total. The van der Waals surface area contributed by atoms with Crippen LogP contribution in [0.15, 0.2) is 67.3 Å². The number of halogens is 3. The smallest absolute Gasteiger partial charge is 0.368 e. The summed E-state index contributed by atoms with van der Waals surface area (Å²) >= 11 is 0. The molecule has 5 nitrogen and oxygen atoms in total. The second kappa shape index (κ2) is 10.2. The lowest BCUT2D eigenvalue weighted by atomic mass is 9.91. The maximum absolute atomic E-state index is 14.0. The summed E-state index contributed by atoms with van der Waals surface area (Å²) < 4.78 is 42.1. The van der Waals surface area contributed by atoms with Crippen LogP contribution in [-0.2, 0) is 30.2 Å². The molecular weight excluding hydrogens is 405 g/mol. The molecule has 162 valence electrons. The minimum absolute atomic E-state index is 0.120. The summed E-state index contributed by atoms with van der Waals surface area (Å²) in [5.41, 5.74) is 6.38. The number of nitrogens with zero attached hydrogens (tertiary/aromatic N) is 2. The van der Waals surface area contributed by atoms with Crippen LogP contribution in [0.5, 0.6) is 0 Å². The van der Waals surface area contributed by atoms with Crippen LogP contribution in [0.25, 0.3) is 0 Å². The second-order valence-corrected chi connectivity index (χ2v) is 7.14. The SMILES string of the molecule is NC(=O)C(NCCc1cccnc1)c1cccc(CCc2cccnc2)c1C(F)(F)F. The lowest BCUT2D eigenvalue weighted by Gasteiger charge is -2.23. The highest BCUT2D eigenvalue weighted by atomic mass is 19.4. The summed E-state index contributed by atoms with van der Waals surface area (Å²) in [4.78, 5) is 20.1. The number of primary amides is 1. The first kappa shape index (κ1) is 22.4. The monoisotopic (exact) mass is 428 g/mol. The Morgan fingerprint density at radius 1 is 0.935 bits per heavy atom. The third-order valence-corrected chi connectivity index (χ3v) is 4.95. The van der Waals surface area contributed by atoms with E-state index in [1.807, 2.05) is 12.1 Å². The van der Waals surface area contributed by atoms with Crippen LogP contribution >= 0.6 is 0 Å². The Labute approximate surface area is 178 Å². The van der Waals surface area contributed by atoms with Crippen LogP contribution in [-0.4, -0.2) is 22.4 Å². The van der Waals surface area contributed by atoms with E-state index in [-0.39, 0.29) is 24.1 Å². The summed E-state index contributed by atoms with van der Waals surface area (Å²) in [7, 11) is 0. The Hall–Kier alpha value is -3.26. The Balaban J connectivity index is 1.85. The topological polar surface area (TPSA) is 80.9 Å². The second-order valence-electron chi connectivity index (χ2n) is 7.14. The molecule has 0 bridgehead atoms. The van der Waals surface area contributed by atoms with Gasteiger partial charge in [-0.25, -0.2) is 0 Å². The van der Waals surface area contributed by atoms with Crippen molar-refractivity contribution in [2.45, 2.75) is 31.5 Å². The van der Waals surface area contributed by atoms with Gasteiger partial charge < -0.3 is 11.1 Å². The van der Waals surface area contributed by atoms with E-state index >= 15 is 0 Å². The van der Waals surface area contributed by atoms with Gasteiger partial charge in [-0.3, -0.25) is 14.8 Å². The third-order valence-electron chi connectivity index (χ3n) is 4.95. The molecular formula is C23H23F3N4O. The first-order chi connectivity index (χ1) is 14.9. The Morgan fingerprint density at radius 3 is 2.13 bits per heavy atom. The number of hydrogen-bond acceptors (Lipinski definition) is 4. The Morgan fingerprint density at radius 2 is 1.58 bits per heavy atom. The average Bonchev–Trinajstić information content (AvgIpc) is 2.75. The van der Waals surface area contributed by atoms with Gasteiger partial charge in [-0.05, 0) is 53.6 Å². The van der Waals surface area contributed by atoms with Gasteiger partial charge in [0, 0.05) is 31.3 Å². The fraction of sp³-hybridized carbons (Fsp3) is 0.261. The molecule has 0 saturated carbocycles. The number of hydrogen-bond donors (Lipinski definition) is 2. The van der Waals surface area contributed by atoms with Crippen molar-refractivity contribution in [1.82, 2.24) is 15.3 Å². The zero-order chi connectivity index (χ0) is 22.3. The summed E-state index contributed by atoms with van der Waals surface area (Å²) in [6, 6.07) is 10.2. The molecule has 8 heteroatoms. The molecule has 2 heterocycles. The zero-order valence-corrected chi connectivity index (χ0v) is 16.8. The van der Waals surface area contributed by atoms with Gasteiger partial charge in [0.25, 0.3) is 0 Å². The number of rotatable bonds is 9. The first-order valence-electron chi connectivity index (χ1n) is 9.85. The van der Waals surface area contributed by atoms with Crippen LogP contribution in [0, 0.1) is 0 Å². The van der Waals surface area contributed by atoms with Crippen LogP contribution in [0.1, 0.15) is 33.9 Å². The fourth-order valence-electron chi connectivity index (χ4n) is 3.51. The van der Waals surface area contributed by atoms with E-state index in [1.165, 1.54) is 18.2 Å². The number of aromatic nitrogens is 2. The van der Waals surface area contributed by atoms with Crippen LogP contribution in [0.2, 0.25) is 0 Å². The quantitative estimate of drug-likeness (QED) is 0.545. The van der Waals surface area contributed by atoms with E-state index in [2.05, 4.69) is 15.3 Å². The van der Waals surface area contributed by atoms with Gasteiger partial charge in [0.15, 0.2) is 0 Å². The van der Waals surface area contributed by atoms with Gasteiger partial charge in [0.1, 0.15) is 6.04 Å². The number of nitrogens with one attached hydrogen (secondary N) is 1. The molecule has 1 unspecified atom stereocenters. The number of amides is 1. The highest BCUT2D eigenvalue weighted by Crippen LogP contribution is 2.37. The number of carbonyl (C=O) groups excluding carboxylic acids is 1. The lowest BCUT2D eigenvalue weighted by molar-refractivity contribution is -0.139. The molecule has 31 heavy (non-hydrogen) atoms. The summed E-state index contributed by atoms with van der Waals surface area (Å²) in [5.74, 6) is -0.860. The molecule has 0 fully saturated rings. The molecule has 0 saturated heterocycles. The Bertz CT molecular complexity index is 995. The predicted octanol–water partition coefficient (Wildman–Crippen LogP) is 3.64. The highest BCUT2D eigenvalue weighted by molar-refractivity contribution is 5.82. The van der Waals surface area contributed by atoms with E-state index < -0.39 is 23.7 Å². The number of aryl methyl sites for hydroxylation is 2. The molecule has 0 aliphatic heterocycles. The van der Waals surface area contributed by atoms with Crippen LogP contribution < -0.4 is 11.1 Å². The highest BCUT2D eigenvalue weighted by Gasteiger charge is 2.38. The minimum Gasteiger partial charge on any atom is -0.368 e. The number of nitrogens with two attached hydrogens (primary N) is 1. The van der Waals surface area contributed by atoms with E-state index in [0.29, 0.717) is 12.8 Å².